The molecule has 3 fully saturated rings. The molecule has 3 aliphatic heterocycles. The van der Waals surface area contributed by atoms with Crippen LogP contribution in [0.3, 0.4) is 0 Å². The molecule has 60 heavy (non-hydrogen) atoms. The zero-order chi connectivity index (χ0) is 43.9. The van der Waals surface area contributed by atoms with Crippen LogP contribution in [-0.4, -0.2) is 123 Å². The number of methoxy groups -OCH3 is 1. The number of hydrogen-bond donors (Lipinski definition) is 0. The van der Waals surface area contributed by atoms with Crippen LogP contribution in [-0.2, 0) is 44.6 Å². The molecule has 0 spiro atoms. The zero-order valence-corrected chi connectivity index (χ0v) is 37.9. The molecule has 2 aromatic rings. The highest BCUT2D eigenvalue weighted by atomic mass is 16.7. The molecule has 14 nitrogen and oxygen atoms in total. The van der Waals surface area contributed by atoms with E-state index in [1.807, 2.05) is 57.5 Å². The van der Waals surface area contributed by atoms with Crippen LogP contribution in [0.1, 0.15) is 114 Å². The number of pyridine rings is 1. The molecule has 0 unspecified atom stereocenters. The Labute approximate surface area is 357 Å². The lowest BCUT2D eigenvalue weighted by Gasteiger charge is -2.46. The number of nitrogens with zero attached hydrogens (tertiary/aromatic N) is 5. The third-order valence-corrected chi connectivity index (χ3v) is 13.5. The molecule has 3 saturated heterocycles. The Morgan fingerprint density at radius 3 is 2.37 bits per heavy atom. The summed E-state index contributed by atoms with van der Waals surface area (Å²) in [5.41, 5.74) is -0.763. The maximum atomic E-state index is 14.8. The molecule has 334 valence electrons. The molecule has 0 aliphatic carbocycles. The first-order chi connectivity index (χ1) is 28.5. The molecule has 12 atom stereocenters. The number of carbonyl (C=O) groups excluding carboxylic acids is 4. The minimum Gasteiger partial charge on any atom is -0.458 e. The van der Waals surface area contributed by atoms with Crippen molar-refractivity contribution in [3.05, 3.63) is 37.1 Å². The van der Waals surface area contributed by atoms with Gasteiger partial charge in [-0.2, -0.15) is 0 Å². The van der Waals surface area contributed by atoms with Crippen molar-refractivity contribution in [3.63, 3.8) is 0 Å². The van der Waals surface area contributed by atoms with E-state index < -0.39 is 71.5 Å². The van der Waals surface area contributed by atoms with Crippen LogP contribution in [0, 0.1) is 23.7 Å². The van der Waals surface area contributed by atoms with E-state index in [2.05, 4.69) is 28.8 Å². The number of rotatable bonds is 14. The van der Waals surface area contributed by atoms with E-state index in [1.165, 1.54) is 0 Å². The average molecular weight is 838 g/mol. The number of ether oxygens (including phenoxy) is 5. The number of esters is 1. The number of aromatic nitrogens is 3. The Hall–Kier alpha value is -3.72. The van der Waals surface area contributed by atoms with Crippen molar-refractivity contribution < 1.29 is 42.9 Å². The predicted octanol–water partition coefficient (Wildman–Crippen LogP) is 7.13. The van der Waals surface area contributed by atoms with Crippen molar-refractivity contribution in [2.45, 2.75) is 168 Å². The van der Waals surface area contributed by atoms with Gasteiger partial charge < -0.3 is 38.1 Å². The van der Waals surface area contributed by atoms with E-state index in [0.29, 0.717) is 32.4 Å². The van der Waals surface area contributed by atoms with Gasteiger partial charge in [-0.1, -0.05) is 41.0 Å². The minimum atomic E-state index is -1.37. The summed E-state index contributed by atoms with van der Waals surface area (Å²) in [6.07, 6.45) is 9.67. The fourth-order valence-corrected chi connectivity index (χ4v) is 9.90. The number of hydrogen-bond acceptors (Lipinski definition) is 12. The maximum Gasteiger partial charge on any atom is 0.410 e. The van der Waals surface area contributed by atoms with Crippen molar-refractivity contribution in [1.29, 1.82) is 0 Å². The number of cyclic esters (lactones) is 1. The average Bonchev–Trinajstić information content (AvgIpc) is 3.81. The van der Waals surface area contributed by atoms with Gasteiger partial charge in [-0.3, -0.25) is 19.4 Å². The highest BCUT2D eigenvalue weighted by Gasteiger charge is 2.60. The number of carbonyl (C=O) groups is 4. The van der Waals surface area contributed by atoms with E-state index in [1.54, 1.807) is 51.5 Å². The topological polar surface area (TPSA) is 152 Å². The van der Waals surface area contributed by atoms with Crippen molar-refractivity contribution in [2.24, 2.45) is 23.7 Å². The van der Waals surface area contributed by atoms with Gasteiger partial charge in [0.25, 0.3) is 0 Å². The molecule has 0 aromatic carbocycles. The smallest absolute Gasteiger partial charge is 0.410 e. The van der Waals surface area contributed by atoms with Gasteiger partial charge in [0.1, 0.15) is 17.8 Å². The molecule has 5 heterocycles. The number of ketones is 2. The van der Waals surface area contributed by atoms with Gasteiger partial charge in [-0.25, -0.2) is 9.78 Å². The molecular formula is C46H71N5O9. The fraction of sp³-hybridized carbons (Fsp3) is 0.739. The SMILES string of the molecule is CCCCN(C)[C@@H]1C[C@H](O[C@@H]2[C@@H](C)C(=O)[C@@H](C)C(=O)O[C@H](CC)[C@@]3(C)OC(=O)N(CCCCn4cnc(-c5cccnc5)c4)[C@@H]3[C@@H](C)C(=O)[C@H](C)C[C@@]2(C)OC)O[C@H](C)C1. The first kappa shape index (κ1) is 47.3. The summed E-state index contributed by atoms with van der Waals surface area (Å²) in [5, 5.41) is 0. The third kappa shape index (κ3) is 10.5. The monoisotopic (exact) mass is 838 g/mol. The van der Waals surface area contributed by atoms with Crippen LogP contribution in [0.25, 0.3) is 11.3 Å². The van der Waals surface area contributed by atoms with E-state index in [0.717, 1.165) is 43.5 Å². The number of amides is 1. The highest BCUT2D eigenvalue weighted by molar-refractivity contribution is 6.00. The maximum absolute atomic E-state index is 14.8. The van der Waals surface area contributed by atoms with E-state index in [4.69, 9.17) is 23.7 Å². The van der Waals surface area contributed by atoms with Crippen molar-refractivity contribution in [3.8, 4) is 11.3 Å². The summed E-state index contributed by atoms with van der Waals surface area (Å²) in [7, 11) is 3.70. The molecular weight excluding hydrogens is 767 g/mol. The Morgan fingerprint density at radius 1 is 0.967 bits per heavy atom. The Bertz CT molecular complexity index is 1760. The normalized spacial score (nSPS) is 34.6. The van der Waals surface area contributed by atoms with Crippen LogP contribution < -0.4 is 0 Å². The number of imidazole rings is 1. The van der Waals surface area contributed by atoms with Gasteiger partial charge >= 0.3 is 12.1 Å². The van der Waals surface area contributed by atoms with E-state index in [-0.39, 0.29) is 30.1 Å². The van der Waals surface area contributed by atoms with Crippen LogP contribution in [0.4, 0.5) is 4.79 Å². The van der Waals surface area contributed by atoms with Gasteiger partial charge in [0.05, 0.1) is 35.9 Å². The first-order valence-corrected chi connectivity index (χ1v) is 22.2. The van der Waals surface area contributed by atoms with Gasteiger partial charge in [0.15, 0.2) is 17.7 Å². The second-order valence-corrected chi connectivity index (χ2v) is 18.1. The molecule has 2 aromatic heterocycles. The lowest BCUT2D eigenvalue weighted by molar-refractivity contribution is -0.263. The third-order valence-electron chi connectivity index (χ3n) is 13.5. The number of aryl methyl sites for hydroxylation is 1. The largest absolute Gasteiger partial charge is 0.458 e. The lowest BCUT2D eigenvalue weighted by atomic mass is 9.73. The molecule has 0 bridgehead atoms. The summed E-state index contributed by atoms with van der Waals surface area (Å²) >= 11 is 0. The van der Waals surface area contributed by atoms with Gasteiger partial charge in [-0.15, -0.1) is 0 Å². The molecule has 0 saturated carbocycles. The summed E-state index contributed by atoms with van der Waals surface area (Å²) in [4.78, 5) is 69.8. The summed E-state index contributed by atoms with van der Waals surface area (Å²) in [6, 6.07) is 3.30. The lowest BCUT2D eigenvalue weighted by Crippen LogP contribution is -2.59. The van der Waals surface area contributed by atoms with Crippen molar-refractivity contribution in [2.75, 3.05) is 27.2 Å². The van der Waals surface area contributed by atoms with Crippen LogP contribution in [0.2, 0.25) is 0 Å². The van der Waals surface area contributed by atoms with Gasteiger partial charge in [-0.05, 0) is 91.9 Å². The molecule has 0 N–H and O–H groups in total. The summed E-state index contributed by atoms with van der Waals surface area (Å²) in [6.45, 7) is 18.6. The molecule has 5 rings (SSSR count). The summed E-state index contributed by atoms with van der Waals surface area (Å²) < 4.78 is 33.9. The van der Waals surface area contributed by atoms with Gasteiger partial charge in [0, 0.05) is 74.6 Å². The second-order valence-electron chi connectivity index (χ2n) is 18.1. The first-order valence-electron chi connectivity index (χ1n) is 22.2. The molecule has 3 aliphatic rings. The number of Topliss-reactive ketones (excluding diaryl/α,β-unsaturated/α-hetero) is 2. The molecule has 0 radical (unpaired) electrons. The standard InChI is InChI=1S/C46H71N5O9/c1-12-14-20-49(10)35-23-30(4)57-38(24-35)59-42-32(6)40(53)33(7)43(54)58-37(13-2)46(9)41(31(5)39(52)29(3)25-45(42,8)56-11)51(44(55)60-46)22-16-15-21-50-27-36(48-28-50)34-18-17-19-47-26-34/h17-19,26-33,35,37-38,41-42H,12-16,20-25H2,1-11H3/t29-,30-,31+,32+,33-,35+,37-,38+,41-,42-,45-,46-/m1/s1. The zero-order valence-electron chi connectivity index (χ0n) is 37.9. The molecule has 14 heteroatoms. The van der Waals surface area contributed by atoms with Crippen LogP contribution >= 0.6 is 0 Å². The minimum absolute atomic E-state index is 0.0814. The Kier molecular flexibility index (Phi) is 16.1. The van der Waals surface area contributed by atoms with Crippen molar-refractivity contribution in [1.82, 2.24) is 24.3 Å². The van der Waals surface area contributed by atoms with Crippen molar-refractivity contribution >= 4 is 23.6 Å². The van der Waals surface area contributed by atoms with Crippen LogP contribution in [0.15, 0.2) is 37.1 Å². The quantitative estimate of drug-likeness (QED) is 0.108. The van der Waals surface area contributed by atoms with Gasteiger partial charge in [0.2, 0.25) is 0 Å². The van der Waals surface area contributed by atoms with E-state index >= 15 is 0 Å². The Morgan fingerprint density at radius 2 is 1.70 bits per heavy atom. The van der Waals surface area contributed by atoms with E-state index in [9.17, 15) is 19.2 Å². The van der Waals surface area contributed by atoms with Crippen LogP contribution in [0.5, 0.6) is 0 Å². The molecule has 1 amide bonds. The highest BCUT2D eigenvalue weighted by Crippen LogP contribution is 2.43. The summed E-state index contributed by atoms with van der Waals surface area (Å²) in [5.74, 6) is -4.45. The number of fused-ring (bicyclic) bond motifs is 1. The Balaban J connectivity index is 1.41. The predicted molar refractivity (Wildman–Crippen MR) is 227 cm³/mol. The second kappa shape index (κ2) is 20.4. The number of unbranched alkanes of at least 4 members (excludes halogenated alkanes) is 2. The fourth-order valence-electron chi connectivity index (χ4n) is 9.90.